The Morgan fingerprint density at radius 3 is 0.792 bits per heavy atom. The first-order chi connectivity index (χ1) is 35.5. The SMILES string of the molecule is CCCCC/C=C\C/C=C\CCCCCCCC(=O)OCC(COC(=O)CCCCCCCCCCCCCCCCCCCCCCCCC)OC(=O)CCCCCCCCCCCCCCCCCC. The second-order valence-corrected chi connectivity index (χ2v) is 22.0. The van der Waals surface area contributed by atoms with E-state index >= 15 is 0 Å². The van der Waals surface area contributed by atoms with E-state index < -0.39 is 6.10 Å². The van der Waals surface area contributed by atoms with E-state index in [1.54, 1.807) is 0 Å². The van der Waals surface area contributed by atoms with E-state index in [0.717, 1.165) is 77.0 Å². The summed E-state index contributed by atoms with van der Waals surface area (Å²) in [5, 5.41) is 0. The molecule has 1 unspecified atom stereocenters. The van der Waals surface area contributed by atoms with Gasteiger partial charge >= 0.3 is 17.9 Å². The molecule has 0 aromatic carbocycles. The van der Waals surface area contributed by atoms with Gasteiger partial charge in [-0.05, 0) is 51.4 Å². The second kappa shape index (κ2) is 61.4. The molecule has 0 bridgehead atoms. The van der Waals surface area contributed by atoms with Crippen molar-refractivity contribution in [2.45, 2.75) is 367 Å². The lowest BCUT2D eigenvalue weighted by Crippen LogP contribution is -2.30. The molecule has 0 aliphatic carbocycles. The summed E-state index contributed by atoms with van der Waals surface area (Å²) in [5.41, 5.74) is 0. The minimum absolute atomic E-state index is 0.0696. The van der Waals surface area contributed by atoms with Crippen LogP contribution in [-0.2, 0) is 28.6 Å². The van der Waals surface area contributed by atoms with Crippen LogP contribution in [0.3, 0.4) is 0 Å². The third kappa shape index (κ3) is 58.8. The summed E-state index contributed by atoms with van der Waals surface area (Å²) >= 11 is 0. The highest BCUT2D eigenvalue weighted by Crippen LogP contribution is 2.18. The largest absolute Gasteiger partial charge is 0.462 e. The zero-order valence-electron chi connectivity index (χ0n) is 48.7. The summed E-state index contributed by atoms with van der Waals surface area (Å²) in [6.45, 7) is 6.67. The van der Waals surface area contributed by atoms with Crippen LogP contribution >= 0.6 is 0 Å². The fourth-order valence-electron chi connectivity index (χ4n) is 9.83. The van der Waals surface area contributed by atoms with Crippen LogP contribution in [0.4, 0.5) is 0 Å². The maximum absolute atomic E-state index is 12.9. The monoisotopic (exact) mass is 1010 g/mol. The van der Waals surface area contributed by atoms with E-state index in [2.05, 4.69) is 45.1 Å². The maximum Gasteiger partial charge on any atom is 0.306 e. The molecule has 0 rings (SSSR count). The number of unbranched alkanes of at least 4 members (excludes halogenated alkanes) is 45. The molecule has 6 heteroatoms. The Balaban J connectivity index is 4.26. The second-order valence-electron chi connectivity index (χ2n) is 22.0. The number of ether oxygens (including phenoxy) is 3. The van der Waals surface area contributed by atoms with Crippen molar-refractivity contribution in [1.82, 2.24) is 0 Å². The van der Waals surface area contributed by atoms with Crippen molar-refractivity contribution < 1.29 is 28.6 Å². The number of hydrogen-bond acceptors (Lipinski definition) is 6. The highest BCUT2D eigenvalue weighted by Gasteiger charge is 2.19. The molecule has 0 amide bonds. The van der Waals surface area contributed by atoms with Gasteiger partial charge in [-0.3, -0.25) is 14.4 Å². The van der Waals surface area contributed by atoms with Gasteiger partial charge in [0, 0.05) is 19.3 Å². The van der Waals surface area contributed by atoms with Gasteiger partial charge < -0.3 is 14.2 Å². The first-order valence-corrected chi connectivity index (χ1v) is 32.3. The third-order valence-corrected chi connectivity index (χ3v) is 14.7. The summed E-state index contributed by atoms with van der Waals surface area (Å²) in [6.07, 6.45) is 73.3. The molecule has 1 atom stereocenters. The summed E-state index contributed by atoms with van der Waals surface area (Å²) < 4.78 is 16.9. The lowest BCUT2D eigenvalue weighted by Gasteiger charge is -2.18. The molecule has 0 heterocycles. The van der Waals surface area contributed by atoms with E-state index in [0.29, 0.717) is 19.3 Å². The molecule has 0 fully saturated rings. The molecule has 6 nitrogen and oxygen atoms in total. The van der Waals surface area contributed by atoms with Crippen LogP contribution in [0.2, 0.25) is 0 Å². The van der Waals surface area contributed by atoms with Crippen LogP contribution in [-0.4, -0.2) is 37.2 Å². The number of rotatable bonds is 60. The lowest BCUT2D eigenvalue weighted by molar-refractivity contribution is -0.167. The number of carbonyl (C=O) groups excluding carboxylic acids is 3. The molecule has 0 aliphatic rings. The molecular weight excluding hydrogens is 889 g/mol. The topological polar surface area (TPSA) is 78.9 Å². The van der Waals surface area contributed by atoms with Crippen molar-refractivity contribution in [1.29, 1.82) is 0 Å². The van der Waals surface area contributed by atoms with Crippen molar-refractivity contribution in [3.8, 4) is 0 Å². The first kappa shape index (κ1) is 69.9. The summed E-state index contributed by atoms with van der Waals surface area (Å²) in [6, 6.07) is 0. The van der Waals surface area contributed by atoms with Crippen molar-refractivity contribution in [2.24, 2.45) is 0 Å². The van der Waals surface area contributed by atoms with Crippen molar-refractivity contribution in [3.05, 3.63) is 24.3 Å². The Labute approximate surface area is 449 Å². The first-order valence-electron chi connectivity index (χ1n) is 32.3. The van der Waals surface area contributed by atoms with Crippen molar-refractivity contribution in [3.63, 3.8) is 0 Å². The normalized spacial score (nSPS) is 12.1. The predicted molar refractivity (Wildman–Crippen MR) is 312 cm³/mol. The molecule has 0 aliphatic heterocycles. The van der Waals surface area contributed by atoms with E-state index in [1.165, 1.54) is 244 Å². The molecule has 72 heavy (non-hydrogen) atoms. The van der Waals surface area contributed by atoms with Crippen LogP contribution in [0.25, 0.3) is 0 Å². The minimum atomic E-state index is -0.773. The zero-order chi connectivity index (χ0) is 52.2. The van der Waals surface area contributed by atoms with Gasteiger partial charge in [0.25, 0.3) is 0 Å². The lowest BCUT2D eigenvalue weighted by atomic mass is 10.0. The molecule has 0 saturated heterocycles. The minimum Gasteiger partial charge on any atom is -0.462 e. The summed E-state index contributed by atoms with van der Waals surface area (Å²) in [7, 11) is 0. The average molecular weight is 1010 g/mol. The fourth-order valence-corrected chi connectivity index (χ4v) is 9.83. The van der Waals surface area contributed by atoms with Gasteiger partial charge in [0.05, 0.1) is 0 Å². The molecule has 0 spiro atoms. The van der Waals surface area contributed by atoms with Gasteiger partial charge in [0.2, 0.25) is 0 Å². The number of allylic oxidation sites excluding steroid dienone is 4. The summed E-state index contributed by atoms with van der Waals surface area (Å²) in [4.78, 5) is 38.3. The predicted octanol–water partition coefficient (Wildman–Crippen LogP) is 21.8. The smallest absolute Gasteiger partial charge is 0.306 e. The maximum atomic E-state index is 12.9. The highest BCUT2D eigenvalue weighted by atomic mass is 16.6. The van der Waals surface area contributed by atoms with Gasteiger partial charge in [-0.25, -0.2) is 0 Å². The molecule has 0 aromatic heterocycles. The Hall–Kier alpha value is -2.11. The van der Waals surface area contributed by atoms with Gasteiger partial charge in [-0.1, -0.05) is 315 Å². The van der Waals surface area contributed by atoms with Gasteiger partial charge in [0.1, 0.15) is 13.2 Å². The molecule has 0 aromatic rings. The quantitative estimate of drug-likeness (QED) is 0.0261. The van der Waals surface area contributed by atoms with Crippen LogP contribution in [0, 0.1) is 0 Å². The zero-order valence-corrected chi connectivity index (χ0v) is 48.7. The van der Waals surface area contributed by atoms with Gasteiger partial charge in [-0.2, -0.15) is 0 Å². The average Bonchev–Trinajstić information content (AvgIpc) is 3.38. The van der Waals surface area contributed by atoms with Crippen LogP contribution in [0.1, 0.15) is 361 Å². The Morgan fingerprint density at radius 1 is 0.278 bits per heavy atom. The third-order valence-electron chi connectivity index (χ3n) is 14.7. The molecule has 0 N–H and O–H groups in total. The highest BCUT2D eigenvalue weighted by molar-refractivity contribution is 5.71. The van der Waals surface area contributed by atoms with Crippen LogP contribution in [0.5, 0.6) is 0 Å². The number of hydrogen-bond donors (Lipinski definition) is 0. The Morgan fingerprint density at radius 2 is 0.500 bits per heavy atom. The molecular formula is C66H124O6. The van der Waals surface area contributed by atoms with Gasteiger partial charge in [0.15, 0.2) is 6.10 Å². The number of carbonyl (C=O) groups is 3. The summed E-state index contributed by atoms with van der Waals surface area (Å²) in [5.74, 6) is -0.856. The van der Waals surface area contributed by atoms with Crippen molar-refractivity contribution in [2.75, 3.05) is 13.2 Å². The van der Waals surface area contributed by atoms with Crippen molar-refractivity contribution >= 4 is 17.9 Å². The van der Waals surface area contributed by atoms with E-state index in [-0.39, 0.29) is 31.1 Å². The van der Waals surface area contributed by atoms with Crippen LogP contribution < -0.4 is 0 Å². The van der Waals surface area contributed by atoms with E-state index in [9.17, 15) is 14.4 Å². The standard InChI is InChI=1S/C66H124O6/c1-4-7-10-13-16-19-22-25-28-30-31-32-33-34-35-36-39-41-44-47-50-53-56-59-65(68)71-62-63(61-70-64(67)58-55-52-49-46-43-40-37-27-24-21-18-15-12-9-6-3)72-66(69)60-57-54-51-48-45-42-38-29-26-23-20-17-14-11-8-5-2/h18,21,27,37,63H,4-17,19-20,22-26,28-36,38-62H2,1-3H3/b21-18-,37-27-. The van der Waals surface area contributed by atoms with Crippen LogP contribution in [0.15, 0.2) is 24.3 Å². The van der Waals surface area contributed by atoms with Gasteiger partial charge in [-0.15, -0.1) is 0 Å². The van der Waals surface area contributed by atoms with E-state index in [4.69, 9.17) is 14.2 Å². The molecule has 0 radical (unpaired) electrons. The fraction of sp³-hybridized carbons (Fsp3) is 0.894. The molecule has 424 valence electrons. The Bertz CT molecular complexity index is 1160. The molecule has 0 saturated carbocycles. The number of esters is 3. The van der Waals surface area contributed by atoms with E-state index in [1.807, 2.05) is 0 Å². The Kier molecular flexibility index (Phi) is 59.6.